The summed E-state index contributed by atoms with van der Waals surface area (Å²) in [6.07, 6.45) is 0.612. The predicted octanol–water partition coefficient (Wildman–Crippen LogP) is 1.38. The van der Waals surface area contributed by atoms with E-state index in [1.54, 1.807) is 11.6 Å². The highest BCUT2D eigenvalue weighted by molar-refractivity contribution is 5.77. The Morgan fingerprint density at radius 2 is 2.27 bits per heavy atom. The molecule has 0 fully saturated rings. The molecular formula is C11H9N3O. The lowest BCUT2D eigenvalue weighted by Crippen LogP contribution is -2.05. The Morgan fingerprint density at radius 3 is 2.87 bits per heavy atom. The lowest BCUT2D eigenvalue weighted by atomic mass is 10.2. The maximum atomic E-state index is 10.7. The van der Waals surface area contributed by atoms with Gasteiger partial charge in [0.25, 0.3) is 0 Å². The van der Waals surface area contributed by atoms with Crippen molar-refractivity contribution in [2.75, 3.05) is 0 Å². The average molecular weight is 199 g/mol. The van der Waals surface area contributed by atoms with Gasteiger partial charge in [-0.05, 0) is 12.1 Å². The van der Waals surface area contributed by atoms with Crippen molar-refractivity contribution in [3.05, 3.63) is 30.1 Å². The molecule has 0 aliphatic rings. The Hall–Kier alpha value is -2.15. The highest BCUT2D eigenvalue weighted by Crippen LogP contribution is 2.18. The summed E-state index contributed by atoms with van der Waals surface area (Å²) < 4.78 is 1.78. The van der Waals surface area contributed by atoms with Crippen molar-refractivity contribution in [1.29, 1.82) is 5.26 Å². The Bertz CT molecular complexity index is 550. The standard InChI is InChI=1S/C11H9N3O/c1-14-10-5-3-2-4-9(10)13-11(14)8(6-12)7-15/h2-5,7-8H,1H3. The number of carbonyl (C=O) groups excluding carboxylic acids is 1. The van der Waals surface area contributed by atoms with Gasteiger partial charge < -0.3 is 9.36 Å². The fraction of sp³-hybridized carbons (Fsp3) is 0.182. The van der Waals surface area contributed by atoms with Crippen molar-refractivity contribution in [2.24, 2.45) is 7.05 Å². The lowest BCUT2D eigenvalue weighted by molar-refractivity contribution is -0.108. The summed E-state index contributed by atoms with van der Waals surface area (Å²) in [4.78, 5) is 15.0. The first-order valence-corrected chi connectivity index (χ1v) is 4.54. The molecule has 15 heavy (non-hydrogen) atoms. The Balaban J connectivity index is 2.68. The molecule has 1 heterocycles. The number of benzene rings is 1. The summed E-state index contributed by atoms with van der Waals surface area (Å²) in [5, 5.41) is 8.79. The fourth-order valence-corrected chi connectivity index (χ4v) is 1.59. The van der Waals surface area contributed by atoms with Crippen LogP contribution in [0.3, 0.4) is 0 Å². The van der Waals surface area contributed by atoms with Crippen LogP contribution in [0.15, 0.2) is 24.3 Å². The van der Waals surface area contributed by atoms with Gasteiger partial charge in [-0.25, -0.2) is 4.98 Å². The number of nitriles is 1. The summed E-state index contributed by atoms with van der Waals surface area (Å²) in [5.41, 5.74) is 1.73. The van der Waals surface area contributed by atoms with Crippen LogP contribution in [0.5, 0.6) is 0 Å². The van der Waals surface area contributed by atoms with Gasteiger partial charge in [-0.1, -0.05) is 12.1 Å². The van der Waals surface area contributed by atoms with E-state index in [1.165, 1.54) is 0 Å². The zero-order valence-electron chi connectivity index (χ0n) is 8.21. The molecular weight excluding hydrogens is 190 g/mol. The molecule has 2 aromatic rings. The molecule has 0 N–H and O–H groups in total. The van der Waals surface area contributed by atoms with Crippen LogP contribution in [-0.4, -0.2) is 15.8 Å². The first-order chi connectivity index (χ1) is 7.27. The molecule has 0 bridgehead atoms. The van der Waals surface area contributed by atoms with E-state index >= 15 is 0 Å². The van der Waals surface area contributed by atoms with Gasteiger partial charge in [-0.15, -0.1) is 0 Å². The number of fused-ring (bicyclic) bond motifs is 1. The number of aryl methyl sites for hydroxylation is 1. The van der Waals surface area contributed by atoms with Crippen LogP contribution in [0.1, 0.15) is 11.7 Å². The third-order valence-electron chi connectivity index (χ3n) is 2.38. The molecule has 1 atom stereocenters. The molecule has 1 aromatic heterocycles. The SMILES string of the molecule is Cn1c(C(C#N)C=O)nc2ccccc21. The van der Waals surface area contributed by atoms with E-state index in [0.29, 0.717) is 12.1 Å². The third kappa shape index (κ3) is 1.38. The van der Waals surface area contributed by atoms with Crippen LogP contribution in [0.2, 0.25) is 0 Å². The second-order valence-corrected chi connectivity index (χ2v) is 3.26. The van der Waals surface area contributed by atoms with Crippen LogP contribution < -0.4 is 0 Å². The van der Waals surface area contributed by atoms with Crippen molar-refractivity contribution >= 4 is 17.3 Å². The van der Waals surface area contributed by atoms with Crippen LogP contribution in [0, 0.1) is 11.3 Å². The van der Waals surface area contributed by atoms with Crippen molar-refractivity contribution in [3.63, 3.8) is 0 Å². The van der Waals surface area contributed by atoms with Crippen LogP contribution in [0.25, 0.3) is 11.0 Å². The molecule has 1 unspecified atom stereocenters. The molecule has 0 saturated heterocycles. The largest absolute Gasteiger partial charge is 0.330 e. The summed E-state index contributed by atoms with van der Waals surface area (Å²) in [5.74, 6) is -0.295. The van der Waals surface area contributed by atoms with E-state index in [0.717, 1.165) is 11.0 Å². The van der Waals surface area contributed by atoms with Crippen LogP contribution in [-0.2, 0) is 11.8 Å². The second-order valence-electron chi connectivity index (χ2n) is 3.26. The maximum Gasteiger partial charge on any atom is 0.159 e. The molecule has 0 saturated carbocycles. The first-order valence-electron chi connectivity index (χ1n) is 4.54. The average Bonchev–Trinajstić information content (AvgIpc) is 2.60. The zero-order valence-corrected chi connectivity index (χ0v) is 8.21. The monoisotopic (exact) mass is 199 g/mol. The summed E-state index contributed by atoms with van der Waals surface area (Å²) in [7, 11) is 1.80. The van der Waals surface area contributed by atoms with E-state index in [2.05, 4.69) is 4.98 Å². The van der Waals surface area contributed by atoms with Crippen molar-refractivity contribution in [2.45, 2.75) is 5.92 Å². The molecule has 0 aliphatic heterocycles. The number of hydrogen-bond acceptors (Lipinski definition) is 3. The molecule has 4 nitrogen and oxygen atoms in total. The van der Waals surface area contributed by atoms with E-state index < -0.39 is 5.92 Å². The van der Waals surface area contributed by atoms with Gasteiger partial charge >= 0.3 is 0 Å². The number of carbonyl (C=O) groups is 1. The predicted molar refractivity (Wildman–Crippen MR) is 55.1 cm³/mol. The van der Waals surface area contributed by atoms with E-state index in [1.807, 2.05) is 30.3 Å². The Morgan fingerprint density at radius 1 is 1.53 bits per heavy atom. The van der Waals surface area contributed by atoms with Crippen LogP contribution >= 0.6 is 0 Å². The number of aromatic nitrogens is 2. The third-order valence-corrected chi connectivity index (χ3v) is 2.38. The highest BCUT2D eigenvalue weighted by atomic mass is 16.1. The van der Waals surface area contributed by atoms with Gasteiger partial charge in [0, 0.05) is 7.05 Å². The quantitative estimate of drug-likeness (QED) is 0.686. The minimum atomic E-state index is -0.789. The van der Waals surface area contributed by atoms with Gasteiger partial charge in [0.1, 0.15) is 12.1 Å². The number of rotatable bonds is 2. The summed E-state index contributed by atoms with van der Waals surface area (Å²) in [6.45, 7) is 0. The minimum absolute atomic E-state index is 0.494. The first kappa shape index (κ1) is 9.41. The smallest absolute Gasteiger partial charge is 0.159 e. The zero-order chi connectivity index (χ0) is 10.8. The normalized spacial score (nSPS) is 12.3. The van der Waals surface area contributed by atoms with Gasteiger partial charge in [0.2, 0.25) is 0 Å². The Labute approximate surface area is 86.8 Å². The van der Waals surface area contributed by atoms with Gasteiger partial charge in [0.05, 0.1) is 17.1 Å². The maximum absolute atomic E-state index is 10.7. The van der Waals surface area contributed by atoms with Gasteiger partial charge in [-0.2, -0.15) is 5.26 Å². The molecule has 1 aromatic carbocycles. The van der Waals surface area contributed by atoms with Gasteiger partial charge in [0.15, 0.2) is 5.92 Å². The van der Waals surface area contributed by atoms with Gasteiger partial charge in [-0.3, -0.25) is 0 Å². The number of nitrogens with zero attached hydrogens (tertiary/aromatic N) is 3. The molecule has 2 rings (SSSR count). The van der Waals surface area contributed by atoms with Crippen molar-refractivity contribution < 1.29 is 4.79 Å². The molecule has 0 aliphatic carbocycles. The number of para-hydroxylation sites is 2. The minimum Gasteiger partial charge on any atom is -0.330 e. The van der Waals surface area contributed by atoms with E-state index in [-0.39, 0.29) is 0 Å². The van der Waals surface area contributed by atoms with E-state index in [9.17, 15) is 4.79 Å². The lowest BCUT2D eigenvalue weighted by Gasteiger charge is -2.01. The van der Waals surface area contributed by atoms with Crippen molar-refractivity contribution in [3.8, 4) is 6.07 Å². The molecule has 4 heteroatoms. The Kier molecular flexibility index (Phi) is 2.22. The number of aldehydes is 1. The topological polar surface area (TPSA) is 58.7 Å². The number of imidazole rings is 1. The highest BCUT2D eigenvalue weighted by Gasteiger charge is 2.16. The molecule has 0 radical (unpaired) electrons. The molecule has 0 spiro atoms. The number of hydrogen-bond donors (Lipinski definition) is 0. The molecule has 0 amide bonds. The van der Waals surface area contributed by atoms with E-state index in [4.69, 9.17) is 5.26 Å². The van der Waals surface area contributed by atoms with Crippen LogP contribution in [0.4, 0.5) is 0 Å². The van der Waals surface area contributed by atoms with Crippen molar-refractivity contribution in [1.82, 2.24) is 9.55 Å². The molecule has 74 valence electrons. The fourth-order valence-electron chi connectivity index (χ4n) is 1.59. The second kappa shape index (κ2) is 3.54. The summed E-state index contributed by atoms with van der Waals surface area (Å²) >= 11 is 0. The summed E-state index contributed by atoms with van der Waals surface area (Å²) in [6, 6.07) is 9.46.